The van der Waals surface area contributed by atoms with Crippen LogP contribution < -0.4 is 15.5 Å². The molecule has 2 heterocycles. The Balaban J connectivity index is 1.19. The number of phenolic OH excluding ortho intramolecular Hbond substituents is 1. The van der Waals surface area contributed by atoms with Gasteiger partial charge in [0.15, 0.2) is 5.58 Å². The van der Waals surface area contributed by atoms with Crippen LogP contribution in [0.4, 0.5) is 21.9 Å². The summed E-state index contributed by atoms with van der Waals surface area (Å²) in [5.74, 6) is -0.725. The molecule has 0 saturated heterocycles. The van der Waals surface area contributed by atoms with E-state index in [9.17, 15) is 19.5 Å². The number of fused-ring (bicyclic) bond motifs is 4. The first-order valence-corrected chi connectivity index (χ1v) is 14.5. The molecule has 1 aliphatic heterocycles. The third kappa shape index (κ3) is 5.63. The van der Waals surface area contributed by atoms with Crippen molar-refractivity contribution in [1.29, 1.82) is 0 Å². The van der Waals surface area contributed by atoms with E-state index in [1.807, 2.05) is 24.3 Å². The predicted molar refractivity (Wildman–Crippen MR) is 169 cm³/mol. The second kappa shape index (κ2) is 11.2. The maximum absolute atomic E-state index is 13.6. The Kier molecular flexibility index (Phi) is 7.38. The van der Waals surface area contributed by atoms with Crippen LogP contribution in [0, 0.1) is 0 Å². The van der Waals surface area contributed by atoms with Crippen molar-refractivity contribution in [1.82, 2.24) is 4.98 Å². The van der Waals surface area contributed by atoms with Gasteiger partial charge in [0.05, 0.1) is 5.69 Å². The Morgan fingerprint density at radius 1 is 1.00 bits per heavy atom. The zero-order chi connectivity index (χ0) is 31.2. The molecule has 0 saturated carbocycles. The average Bonchev–Trinajstić information content (AvgIpc) is 3.57. The molecule has 0 bridgehead atoms. The third-order valence-corrected chi connectivity index (χ3v) is 7.57. The van der Waals surface area contributed by atoms with E-state index < -0.39 is 17.6 Å². The molecule has 1 aliphatic rings. The Morgan fingerprint density at radius 2 is 1.70 bits per heavy atom. The molecule has 6 rings (SSSR count). The molecule has 5 aromatic rings. The second-order valence-electron chi connectivity index (χ2n) is 11.5. The predicted octanol–water partition coefficient (Wildman–Crippen LogP) is 7.27. The van der Waals surface area contributed by atoms with Gasteiger partial charge in [-0.15, -0.1) is 11.6 Å². The quantitative estimate of drug-likeness (QED) is 0.178. The number of hydrogen-bond donors (Lipinski definition) is 3. The molecule has 11 heteroatoms. The number of aromatic nitrogens is 1. The lowest BCUT2D eigenvalue weighted by atomic mass is 9.95. The van der Waals surface area contributed by atoms with Gasteiger partial charge in [0, 0.05) is 52.8 Å². The first-order chi connectivity index (χ1) is 21.0. The molecule has 1 aromatic heterocycles. The van der Waals surface area contributed by atoms with Crippen LogP contribution in [0.2, 0.25) is 0 Å². The summed E-state index contributed by atoms with van der Waals surface area (Å²) in [4.78, 5) is 44.4. The number of amides is 3. The zero-order valence-electron chi connectivity index (χ0n) is 24.2. The van der Waals surface area contributed by atoms with Crippen molar-refractivity contribution in [2.24, 2.45) is 0 Å². The lowest BCUT2D eigenvalue weighted by Gasteiger charge is -2.19. The average molecular weight is 613 g/mol. The summed E-state index contributed by atoms with van der Waals surface area (Å²) in [6.45, 7) is 5.63. The van der Waals surface area contributed by atoms with Gasteiger partial charge in [-0.05, 0) is 68.1 Å². The normalized spacial score (nSPS) is 14.5. The van der Waals surface area contributed by atoms with E-state index >= 15 is 0 Å². The van der Waals surface area contributed by atoms with Crippen molar-refractivity contribution < 1.29 is 28.6 Å². The fourth-order valence-corrected chi connectivity index (χ4v) is 5.54. The van der Waals surface area contributed by atoms with Gasteiger partial charge in [0.1, 0.15) is 16.9 Å². The molecular formula is C33H29ClN4O6. The van der Waals surface area contributed by atoms with Gasteiger partial charge < -0.3 is 24.5 Å². The number of halogens is 1. The standard InChI is InChI=1S/C33H29ClN4O6/c1-33(2,3)44-32(42)36-20-10-8-18(9-11-20)29(40)35-21-12-13-24-27(14-21)43-30(37-24)31(41)38-17-19(16-34)28-23-7-5-4-6-22(23)26(39)15-25(28)38/h4-15,19,39H,16-17H2,1-3H3,(H,35,40)(H,36,42)/t19-/m1/s1. The number of anilines is 3. The van der Waals surface area contributed by atoms with E-state index in [0.29, 0.717) is 51.5 Å². The fraction of sp³-hybridized carbons (Fsp3) is 0.212. The van der Waals surface area contributed by atoms with Crippen molar-refractivity contribution in [3.05, 3.63) is 89.8 Å². The minimum Gasteiger partial charge on any atom is -0.507 e. The smallest absolute Gasteiger partial charge is 0.412 e. The molecule has 0 radical (unpaired) electrons. The maximum Gasteiger partial charge on any atom is 0.412 e. The molecule has 0 unspecified atom stereocenters. The van der Waals surface area contributed by atoms with Crippen LogP contribution in [0.15, 0.2) is 77.2 Å². The summed E-state index contributed by atoms with van der Waals surface area (Å²) in [6, 6.07) is 20.3. The van der Waals surface area contributed by atoms with Gasteiger partial charge >= 0.3 is 12.0 Å². The number of alkyl halides is 1. The van der Waals surface area contributed by atoms with Gasteiger partial charge in [-0.1, -0.05) is 24.3 Å². The number of phenols is 1. The molecule has 224 valence electrons. The highest BCUT2D eigenvalue weighted by atomic mass is 35.5. The van der Waals surface area contributed by atoms with E-state index in [2.05, 4.69) is 15.6 Å². The number of hydrogen-bond acceptors (Lipinski definition) is 7. The van der Waals surface area contributed by atoms with Crippen LogP contribution in [0.1, 0.15) is 53.3 Å². The fourth-order valence-electron chi connectivity index (χ4n) is 5.28. The Labute approximate surface area is 257 Å². The van der Waals surface area contributed by atoms with Gasteiger partial charge in [-0.3, -0.25) is 14.9 Å². The van der Waals surface area contributed by atoms with E-state index in [4.69, 9.17) is 20.8 Å². The largest absolute Gasteiger partial charge is 0.507 e. The first-order valence-electron chi connectivity index (χ1n) is 13.9. The summed E-state index contributed by atoms with van der Waals surface area (Å²) in [6.07, 6.45) is -0.590. The number of benzene rings is 4. The highest BCUT2D eigenvalue weighted by Crippen LogP contribution is 2.45. The summed E-state index contributed by atoms with van der Waals surface area (Å²) in [7, 11) is 0. The van der Waals surface area contributed by atoms with Gasteiger partial charge in [-0.2, -0.15) is 0 Å². The number of aromatic hydroxyl groups is 1. The van der Waals surface area contributed by atoms with Crippen molar-refractivity contribution in [2.45, 2.75) is 32.3 Å². The molecular weight excluding hydrogens is 584 g/mol. The molecule has 0 aliphatic carbocycles. The van der Waals surface area contributed by atoms with E-state index in [0.717, 1.165) is 10.9 Å². The monoisotopic (exact) mass is 612 g/mol. The summed E-state index contributed by atoms with van der Waals surface area (Å²) >= 11 is 6.31. The van der Waals surface area contributed by atoms with Crippen molar-refractivity contribution >= 4 is 68.4 Å². The number of ether oxygens (including phenoxy) is 1. The number of nitrogens with one attached hydrogen (secondary N) is 2. The zero-order valence-corrected chi connectivity index (χ0v) is 24.9. The van der Waals surface area contributed by atoms with Crippen molar-refractivity contribution in [3.8, 4) is 5.75 Å². The van der Waals surface area contributed by atoms with Crippen LogP contribution in [-0.2, 0) is 4.74 Å². The lowest BCUT2D eigenvalue weighted by molar-refractivity contribution is 0.0635. The number of nitrogens with zero attached hydrogens (tertiary/aromatic N) is 2. The minimum absolute atomic E-state index is 0.0688. The highest BCUT2D eigenvalue weighted by Gasteiger charge is 2.36. The molecule has 4 aromatic carbocycles. The van der Waals surface area contributed by atoms with Gasteiger partial charge in [0.2, 0.25) is 0 Å². The number of rotatable bonds is 5. The van der Waals surface area contributed by atoms with Crippen molar-refractivity contribution in [3.63, 3.8) is 0 Å². The molecule has 10 nitrogen and oxygen atoms in total. The summed E-state index contributed by atoms with van der Waals surface area (Å²) in [5.41, 5.74) is 2.89. The van der Waals surface area contributed by atoms with E-state index in [1.165, 1.54) is 4.90 Å². The molecule has 0 spiro atoms. The van der Waals surface area contributed by atoms with Crippen LogP contribution in [0.25, 0.3) is 21.9 Å². The number of carbonyl (C=O) groups is 3. The Hall–Kier alpha value is -5.09. The molecule has 44 heavy (non-hydrogen) atoms. The topological polar surface area (TPSA) is 134 Å². The molecule has 0 fully saturated rings. The third-order valence-electron chi connectivity index (χ3n) is 7.20. The Morgan fingerprint density at radius 3 is 2.41 bits per heavy atom. The van der Waals surface area contributed by atoms with Crippen molar-refractivity contribution in [2.75, 3.05) is 28.0 Å². The lowest BCUT2D eigenvalue weighted by Crippen LogP contribution is -2.30. The van der Waals surface area contributed by atoms with Crippen LogP contribution in [-0.4, -0.2) is 46.0 Å². The van der Waals surface area contributed by atoms with Gasteiger partial charge in [-0.25, -0.2) is 9.78 Å². The van der Waals surface area contributed by atoms with Crippen LogP contribution >= 0.6 is 11.6 Å². The molecule has 3 N–H and O–H groups in total. The summed E-state index contributed by atoms with van der Waals surface area (Å²) in [5, 5.41) is 17.7. The van der Waals surface area contributed by atoms with Crippen LogP contribution in [0.3, 0.4) is 0 Å². The minimum atomic E-state index is -0.630. The van der Waals surface area contributed by atoms with Crippen LogP contribution in [0.5, 0.6) is 5.75 Å². The molecule has 1 atom stereocenters. The van der Waals surface area contributed by atoms with Gasteiger partial charge in [0.25, 0.3) is 11.8 Å². The molecule has 3 amide bonds. The maximum atomic E-state index is 13.6. The van der Waals surface area contributed by atoms with E-state index in [-0.39, 0.29) is 23.5 Å². The number of carbonyl (C=O) groups excluding carboxylic acids is 3. The van der Waals surface area contributed by atoms with E-state index in [1.54, 1.807) is 69.3 Å². The Bertz CT molecular complexity index is 1930. The SMILES string of the molecule is CC(C)(C)OC(=O)Nc1ccc(C(=O)Nc2ccc3nc(C(=O)N4C[C@@H](CCl)c5c4cc(O)c4ccccc54)oc3c2)cc1. The second-order valence-corrected chi connectivity index (χ2v) is 11.8. The highest BCUT2D eigenvalue weighted by molar-refractivity contribution is 6.19. The summed E-state index contributed by atoms with van der Waals surface area (Å²) < 4.78 is 11.1. The first kappa shape index (κ1) is 29.0. The number of oxazole rings is 1.